The molecule has 0 unspecified atom stereocenters. The van der Waals surface area contributed by atoms with E-state index in [1.807, 2.05) is 19.1 Å². The van der Waals surface area contributed by atoms with E-state index in [9.17, 15) is 9.59 Å². The molecule has 140 valence electrons. The van der Waals surface area contributed by atoms with Crippen molar-refractivity contribution in [2.45, 2.75) is 19.4 Å². The maximum atomic E-state index is 12.3. The van der Waals surface area contributed by atoms with E-state index >= 15 is 0 Å². The van der Waals surface area contributed by atoms with Crippen molar-refractivity contribution in [2.75, 3.05) is 13.7 Å². The summed E-state index contributed by atoms with van der Waals surface area (Å²) in [5.74, 6) is 0.791. The van der Waals surface area contributed by atoms with Crippen molar-refractivity contribution < 1.29 is 19.1 Å². The highest BCUT2D eigenvalue weighted by Crippen LogP contribution is 2.33. The van der Waals surface area contributed by atoms with Crippen LogP contribution in [0.15, 0.2) is 53.5 Å². The number of methoxy groups -OCH3 is 1. The molecule has 7 nitrogen and oxygen atoms in total. The molecule has 0 saturated carbocycles. The van der Waals surface area contributed by atoms with Crippen LogP contribution in [0, 0.1) is 0 Å². The average molecular weight is 367 g/mol. The number of aliphatic imine (C=N–C) groups is 1. The zero-order chi connectivity index (χ0) is 19.2. The Morgan fingerprint density at radius 3 is 2.70 bits per heavy atom. The zero-order valence-corrected chi connectivity index (χ0v) is 15.2. The molecule has 0 fully saturated rings. The molecule has 1 atom stereocenters. The highest BCUT2D eigenvalue weighted by atomic mass is 16.5. The van der Waals surface area contributed by atoms with E-state index < -0.39 is 6.04 Å². The first kappa shape index (κ1) is 18.4. The van der Waals surface area contributed by atoms with Gasteiger partial charge in [0.2, 0.25) is 11.9 Å². The van der Waals surface area contributed by atoms with Gasteiger partial charge in [0, 0.05) is 5.56 Å². The average Bonchev–Trinajstić information content (AvgIpc) is 2.68. The molecule has 0 bridgehead atoms. The Morgan fingerprint density at radius 2 is 2.00 bits per heavy atom. The van der Waals surface area contributed by atoms with Gasteiger partial charge in [0.15, 0.2) is 11.5 Å². The molecule has 0 radical (unpaired) electrons. The molecular weight excluding hydrogens is 346 g/mol. The Bertz CT molecular complexity index is 865. The minimum atomic E-state index is -0.422. The monoisotopic (exact) mass is 367 g/mol. The van der Waals surface area contributed by atoms with Crippen LogP contribution in [0.5, 0.6) is 11.5 Å². The molecule has 2 N–H and O–H groups in total. The summed E-state index contributed by atoms with van der Waals surface area (Å²) in [4.78, 5) is 28.9. The van der Waals surface area contributed by atoms with Gasteiger partial charge in [-0.15, -0.1) is 0 Å². The molecular formula is C20H21N3O4. The number of nitrogens with one attached hydrogen (secondary N) is 2. The van der Waals surface area contributed by atoms with Crippen LogP contribution in [0.2, 0.25) is 0 Å². The van der Waals surface area contributed by atoms with Gasteiger partial charge in [-0.1, -0.05) is 24.3 Å². The summed E-state index contributed by atoms with van der Waals surface area (Å²) in [6.07, 6.45) is 0.182. The molecule has 0 spiro atoms. The van der Waals surface area contributed by atoms with Crippen LogP contribution in [0.1, 0.15) is 35.3 Å². The van der Waals surface area contributed by atoms with Gasteiger partial charge in [-0.25, -0.2) is 4.99 Å². The molecule has 2 amide bonds. The fraction of sp³-hybridized carbons (Fsp3) is 0.250. The number of guanidine groups is 1. The summed E-state index contributed by atoms with van der Waals surface area (Å²) in [6, 6.07) is 13.8. The van der Waals surface area contributed by atoms with E-state index in [-0.39, 0.29) is 24.2 Å². The highest BCUT2D eigenvalue weighted by Gasteiger charge is 2.24. The fourth-order valence-electron chi connectivity index (χ4n) is 2.78. The Balaban J connectivity index is 1.82. The van der Waals surface area contributed by atoms with E-state index in [0.29, 0.717) is 23.7 Å². The second kappa shape index (κ2) is 8.35. The van der Waals surface area contributed by atoms with Crippen LogP contribution < -0.4 is 20.1 Å². The summed E-state index contributed by atoms with van der Waals surface area (Å²) >= 11 is 0. The predicted molar refractivity (Wildman–Crippen MR) is 101 cm³/mol. The summed E-state index contributed by atoms with van der Waals surface area (Å²) in [7, 11) is 1.56. The van der Waals surface area contributed by atoms with E-state index in [0.717, 1.165) is 5.56 Å². The van der Waals surface area contributed by atoms with E-state index in [4.69, 9.17) is 9.47 Å². The number of amides is 2. The zero-order valence-electron chi connectivity index (χ0n) is 15.2. The van der Waals surface area contributed by atoms with Crippen LogP contribution >= 0.6 is 0 Å². The molecule has 0 aromatic heterocycles. The number of carbonyl (C=O) groups is 2. The van der Waals surface area contributed by atoms with Crippen LogP contribution in [0.4, 0.5) is 0 Å². The Kier molecular flexibility index (Phi) is 5.71. The van der Waals surface area contributed by atoms with Crippen LogP contribution in [0.25, 0.3) is 0 Å². The van der Waals surface area contributed by atoms with Gasteiger partial charge in [0.1, 0.15) is 0 Å². The minimum absolute atomic E-state index is 0.137. The number of nitrogens with zero attached hydrogens (tertiary/aromatic N) is 1. The summed E-state index contributed by atoms with van der Waals surface area (Å²) in [5, 5.41) is 5.25. The number of hydrogen-bond donors (Lipinski definition) is 2. The molecule has 1 aliphatic rings. The first-order valence-electron chi connectivity index (χ1n) is 8.65. The number of rotatable bonds is 5. The molecule has 0 saturated heterocycles. The maximum absolute atomic E-state index is 12.3. The van der Waals surface area contributed by atoms with Crippen molar-refractivity contribution >= 4 is 17.8 Å². The lowest BCUT2D eigenvalue weighted by molar-refractivity contribution is -0.120. The number of carbonyl (C=O) groups excluding carboxylic acids is 2. The third kappa shape index (κ3) is 4.44. The van der Waals surface area contributed by atoms with Gasteiger partial charge in [-0.05, 0) is 36.8 Å². The summed E-state index contributed by atoms with van der Waals surface area (Å²) in [5.41, 5.74) is 1.29. The normalized spacial score (nSPS) is 16.1. The van der Waals surface area contributed by atoms with Gasteiger partial charge in [0.05, 0.1) is 26.2 Å². The SMILES string of the molecule is CCOc1ccc([C@H]2CC(=O)NC(NC(=O)c3ccccc3)=N2)cc1OC. The topological polar surface area (TPSA) is 89.0 Å². The van der Waals surface area contributed by atoms with Crippen molar-refractivity contribution in [3.8, 4) is 11.5 Å². The second-order valence-electron chi connectivity index (χ2n) is 5.91. The largest absolute Gasteiger partial charge is 0.493 e. The molecule has 1 aliphatic heterocycles. The first-order chi connectivity index (χ1) is 13.1. The summed E-state index contributed by atoms with van der Waals surface area (Å²) in [6.45, 7) is 2.42. The van der Waals surface area contributed by atoms with Crippen molar-refractivity contribution in [3.05, 3.63) is 59.7 Å². The van der Waals surface area contributed by atoms with E-state index in [1.54, 1.807) is 43.5 Å². The highest BCUT2D eigenvalue weighted by molar-refractivity contribution is 6.10. The van der Waals surface area contributed by atoms with Crippen molar-refractivity contribution in [3.63, 3.8) is 0 Å². The van der Waals surface area contributed by atoms with Crippen LogP contribution in [-0.2, 0) is 4.79 Å². The smallest absolute Gasteiger partial charge is 0.257 e. The van der Waals surface area contributed by atoms with Crippen molar-refractivity contribution in [1.29, 1.82) is 0 Å². The molecule has 2 aromatic carbocycles. The van der Waals surface area contributed by atoms with Gasteiger partial charge < -0.3 is 9.47 Å². The molecule has 0 aliphatic carbocycles. The van der Waals surface area contributed by atoms with Gasteiger partial charge in [-0.3, -0.25) is 20.2 Å². The van der Waals surface area contributed by atoms with Crippen LogP contribution in [-0.4, -0.2) is 31.5 Å². The van der Waals surface area contributed by atoms with Crippen molar-refractivity contribution in [2.24, 2.45) is 4.99 Å². The molecule has 2 aromatic rings. The standard InChI is InChI=1S/C20H21N3O4/c1-3-27-16-10-9-14(11-17(16)26-2)15-12-18(24)22-20(21-15)23-19(25)13-7-5-4-6-8-13/h4-11,15H,3,12H2,1-2H3,(H2,21,22,23,24,25)/t15-/m1/s1. The molecule has 1 heterocycles. The lowest BCUT2D eigenvalue weighted by atomic mass is 10.0. The van der Waals surface area contributed by atoms with E-state index in [1.165, 1.54) is 0 Å². The van der Waals surface area contributed by atoms with Gasteiger partial charge >= 0.3 is 0 Å². The lowest BCUT2D eigenvalue weighted by Gasteiger charge is -2.22. The quantitative estimate of drug-likeness (QED) is 0.849. The lowest BCUT2D eigenvalue weighted by Crippen LogP contribution is -2.47. The molecule has 7 heteroatoms. The predicted octanol–water partition coefficient (Wildman–Crippen LogP) is 2.44. The third-order valence-corrected chi connectivity index (χ3v) is 4.06. The third-order valence-electron chi connectivity index (χ3n) is 4.06. The maximum Gasteiger partial charge on any atom is 0.257 e. The Morgan fingerprint density at radius 1 is 1.22 bits per heavy atom. The van der Waals surface area contributed by atoms with Gasteiger partial charge in [-0.2, -0.15) is 0 Å². The number of ether oxygens (including phenoxy) is 2. The first-order valence-corrected chi connectivity index (χ1v) is 8.65. The van der Waals surface area contributed by atoms with Gasteiger partial charge in [0.25, 0.3) is 5.91 Å². The van der Waals surface area contributed by atoms with Crippen molar-refractivity contribution in [1.82, 2.24) is 10.6 Å². The number of hydrogen-bond acceptors (Lipinski definition) is 5. The molecule has 27 heavy (non-hydrogen) atoms. The Hall–Kier alpha value is -3.35. The molecule has 3 rings (SSSR count). The summed E-state index contributed by atoms with van der Waals surface area (Å²) < 4.78 is 10.9. The van der Waals surface area contributed by atoms with Crippen LogP contribution in [0.3, 0.4) is 0 Å². The number of benzene rings is 2. The fourth-order valence-corrected chi connectivity index (χ4v) is 2.78. The second-order valence-corrected chi connectivity index (χ2v) is 5.91. The Labute approximate surface area is 157 Å². The van der Waals surface area contributed by atoms with E-state index in [2.05, 4.69) is 15.6 Å². The minimum Gasteiger partial charge on any atom is -0.493 e.